The van der Waals surface area contributed by atoms with Crippen molar-refractivity contribution < 1.29 is 32.3 Å². The van der Waals surface area contributed by atoms with Crippen LogP contribution in [0.25, 0.3) is 0 Å². The van der Waals surface area contributed by atoms with Gasteiger partial charge >= 0.3 is 12.2 Å². The Kier molecular flexibility index (Phi) is 7.92. The number of ketones is 1. The minimum atomic E-state index is -3.61. The van der Waals surface area contributed by atoms with Gasteiger partial charge in [0.1, 0.15) is 17.4 Å². The molecule has 0 aromatic heterocycles. The summed E-state index contributed by atoms with van der Waals surface area (Å²) < 4.78 is 28.3. The first kappa shape index (κ1) is 21.0. The van der Waals surface area contributed by atoms with Gasteiger partial charge in [0, 0.05) is 12.7 Å². The molecule has 1 fully saturated rings. The molecule has 0 aromatic carbocycles. The fourth-order valence-electron chi connectivity index (χ4n) is 2.41. The maximum absolute atomic E-state index is 12.3. The van der Waals surface area contributed by atoms with Crippen molar-refractivity contribution >= 4 is 33.7 Å². The smallest absolute Gasteiger partial charge is 0.372 e. The minimum Gasteiger partial charge on any atom is -0.461 e. The monoisotopic (exact) mass is 374 g/mol. The molecular weight excluding hydrogens is 350 g/mol. The molecule has 2 atom stereocenters. The molecule has 2 N–H and O–H groups in total. The Morgan fingerprint density at radius 2 is 1.92 bits per heavy atom. The number of hydrogen-bond donors (Lipinski definition) is 2. The van der Waals surface area contributed by atoms with Crippen LogP contribution in [0.1, 0.15) is 45.4 Å². The van der Waals surface area contributed by atoms with Crippen molar-refractivity contribution in [3.63, 3.8) is 0 Å². The van der Waals surface area contributed by atoms with E-state index in [-0.39, 0.29) is 18.9 Å². The highest BCUT2D eigenvalue weighted by molar-refractivity contribution is 7.92. The van der Waals surface area contributed by atoms with Gasteiger partial charge in [0.2, 0.25) is 11.7 Å². The third-order valence-corrected chi connectivity index (χ3v) is 5.58. The normalized spacial score (nSPS) is 17.2. The molecule has 1 aliphatic carbocycles. The van der Waals surface area contributed by atoms with Crippen LogP contribution < -0.4 is 5.32 Å². The molecular formula is C15H24N3O6S+. The molecule has 0 radical (unpaired) electrons. The summed E-state index contributed by atoms with van der Waals surface area (Å²) in [7, 11) is -3.61. The second kappa shape index (κ2) is 9.43. The maximum Gasteiger partial charge on any atom is 0.372 e. The highest BCUT2D eigenvalue weighted by Gasteiger charge is 2.31. The summed E-state index contributed by atoms with van der Waals surface area (Å²) in [5, 5.41) is 1.04. The number of carbonyl (C=O) groups excluding carboxylic acids is 3. The number of hydrogen-bond acceptors (Lipinski definition) is 7. The van der Waals surface area contributed by atoms with Gasteiger partial charge in [-0.2, -0.15) is 0 Å². The molecule has 0 aliphatic heterocycles. The van der Waals surface area contributed by atoms with Crippen LogP contribution >= 0.6 is 0 Å². The van der Waals surface area contributed by atoms with E-state index in [4.69, 9.17) is 10.3 Å². The summed E-state index contributed by atoms with van der Waals surface area (Å²) in [6.45, 7) is 1.22. The second-order valence-corrected chi connectivity index (χ2v) is 8.51. The molecule has 1 aliphatic rings. The lowest BCUT2D eigenvalue weighted by atomic mass is 10.1. The number of nitrogens with one attached hydrogen (secondary N) is 2. The first-order valence-corrected chi connectivity index (χ1v) is 10.0. The zero-order chi connectivity index (χ0) is 19.0. The lowest BCUT2D eigenvalue weighted by molar-refractivity contribution is -0.153. The van der Waals surface area contributed by atoms with Crippen LogP contribution in [0, 0.1) is 5.53 Å². The van der Waals surface area contributed by atoms with Crippen molar-refractivity contribution in [3.05, 3.63) is 0 Å². The van der Waals surface area contributed by atoms with Gasteiger partial charge in [0.05, 0.1) is 10.3 Å². The second-order valence-electron chi connectivity index (χ2n) is 6.14. The summed E-state index contributed by atoms with van der Waals surface area (Å²) >= 11 is 0. The molecule has 0 aromatic rings. The fourth-order valence-corrected chi connectivity index (χ4v) is 2.87. The molecule has 0 unspecified atom stereocenters. The first-order valence-electron chi connectivity index (χ1n) is 8.07. The largest absolute Gasteiger partial charge is 0.461 e. The maximum atomic E-state index is 12.3. The summed E-state index contributed by atoms with van der Waals surface area (Å²) in [4.78, 5) is 38.7. The van der Waals surface area contributed by atoms with E-state index in [0.29, 0.717) is 0 Å². The van der Waals surface area contributed by atoms with Crippen molar-refractivity contribution in [2.45, 2.75) is 62.8 Å². The van der Waals surface area contributed by atoms with E-state index in [1.165, 1.54) is 6.92 Å². The average Bonchev–Trinajstić information content (AvgIpc) is 3.02. The summed E-state index contributed by atoms with van der Waals surface area (Å²) in [5.74, 6) is -1.98. The number of sulfone groups is 1. The molecule has 10 heteroatoms. The van der Waals surface area contributed by atoms with Crippen molar-refractivity contribution in [1.82, 2.24) is 5.32 Å². The number of esters is 1. The van der Waals surface area contributed by atoms with Gasteiger partial charge in [-0.3, -0.25) is 9.59 Å². The zero-order valence-electron chi connectivity index (χ0n) is 14.4. The lowest BCUT2D eigenvalue weighted by Gasteiger charge is -2.21. The van der Waals surface area contributed by atoms with E-state index in [1.807, 2.05) is 0 Å². The average molecular weight is 374 g/mol. The molecule has 0 saturated heterocycles. The summed E-state index contributed by atoms with van der Waals surface area (Å²) in [6, 6.07) is -1.12. The molecule has 140 valence electrons. The Bertz CT molecular complexity index is 663. The molecule has 0 heterocycles. The van der Waals surface area contributed by atoms with E-state index in [1.54, 1.807) is 0 Å². The highest BCUT2D eigenvalue weighted by Crippen LogP contribution is 2.21. The van der Waals surface area contributed by atoms with Gasteiger partial charge < -0.3 is 10.1 Å². The van der Waals surface area contributed by atoms with Crippen LogP contribution in [0.3, 0.4) is 0 Å². The number of amides is 1. The lowest BCUT2D eigenvalue weighted by Crippen LogP contribution is -2.48. The molecule has 25 heavy (non-hydrogen) atoms. The van der Waals surface area contributed by atoms with Crippen LogP contribution in [-0.2, 0) is 29.0 Å². The molecule has 1 amide bonds. The molecule has 0 spiro atoms. The first-order chi connectivity index (χ1) is 11.6. The van der Waals surface area contributed by atoms with Gasteiger partial charge in [-0.15, -0.1) is 0 Å². The number of carbonyl (C=O) groups is 3. The predicted molar refractivity (Wildman–Crippen MR) is 87.9 cm³/mol. The van der Waals surface area contributed by atoms with Crippen LogP contribution in [0.2, 0.25) is 0 Å². The van der Waals surface area contributed by atoms with Crippen molar-refractivity contribution in [1.29, 1.82) is 5.53 Å². The van der Waals surface area contributed by atoms with Gasteiger partial charge in [-0.05, 0) is 39.0 Å². The van der Waals surface area contributed by atoms with Gasteiger partial charge in [0.25, 0.3) is 0 Å². The number of rotatable bonds is 9. The number of ether oxygens (including phenoxy) is 1. The van der Waals surface area contributed by atoms with E-state index in [0.717, 1.165) is 38.2 Å². The Morgan fingerprint density at radius 3 is 2.44 bits per heavy atom. The molecule has 0 bridgehead atoms. The van der Waals surface area contributed by atoms with E-state index >= 15 is 0 Å². The molecule has 1 saturated carbocycles. The van der Waals surface area contributed by atoms with Gasteiger partial charge in [0.15, 0.2) is 9.84 Å². The minimum absolute atomic E-state index is 0.0569. The fraction of sp³-hybridized carbons (Fsp3) is 0.733. The van der Waals surface area contributed by atoms with Crippen LogP contribution in [0.5, 0.6) is 0 Å². The van der Waals surface area contributed by atoms with E-state index in [9.17, 15) is 22.8 Å². The van der Waals surface area contributed by atoms with Crippen molar-refractivity contribution in [2.24, 2.45) is 0 Å². The van der Waals surface area contributed by atoms with E-state index in [2.05, 4.69) is 10.1 Å². The Balaban J connectivity index is 2.78. The van der Waals surface area contributed by atoms with E-state index < -0.39 is 38.8 Å². The van der Waals surface area contributed by atoms with Gasteiger partial charge in [-0.1, -0.05) is 0 Å². The Labute approximate surface area is 146 Å². The standard InChI is InChI=1S/C15H23N3O6S/c1-10(25(2,22)23)14(20)18-13(8-7-11(19)9-17-16)15(21)24-12-5-3-4-6-12/h9-10,12-13,16H,3-8H2,1-2H3/p+1/t10-,13-/m0/s1. The third-order valence-electron chi connectivity index (χ3n) is 4.09. The zero-order valence-corrected chi connectivity index (χ0v) is 15.2. The van der Waals surface area contributed by atoms with Gasteiger partial charge in [-0.25, -0.2) is 13.2 Å². The van der Waals surface area contributed by atoms with Crippen LogP contribution in [0.15, 0.2) is 0 Å². The van der Waals surface area contributed by atoms with Crippen LogP contribution in [-0.4, -0.2) is 60.7 Å². The summed E-state index contributed by atoms with van der Waals surface area (Å²) in [5.41, 5.74) is 6.61. The summed E-state index contributed by atoms with van der Waals surface area (Å²) in [6.07, 6.45) is 4.74. The third kappa shape index (κ3) is 7.15. The Hall–Kier alpha value is -2.06. The van der Waals surface area contributed by atoms with Crippen LogP contribution in [0.4, 0.5) is 0 Å². The molecule has 1 rings (SSSR count). The SMILES string of the molecule is C[C@@H](C(=O)N[C@@H](CCC(=O)C=[N+]=N)C(=O)OC1CCCC1)S(C)(=O)=O. The predicted octanol–water partition coefficient (Wildman–Crippen LogP) is 0.0494. The highest BCUT2D eigenvalue weighted by atomic mass is 32.2. The van der Waals surface area contributed by atoms with Crippen molar-refractivity contribution in [3.8, 4) is 0 Å². The molecule has 9 nitrogen and oxygen atoms in total. The number of Topliss-reactive ketones (excluding diaryl/α,β-unsaturated/α-hetero) is 1. The van der Waals surface area contributed by atoms with Crippen molar-refractivity contribution in [2.75, 3.05) is 6.26 Å². The number of nitrogens with zero attached hydrogens (tertiary/aromatic N) is 1. The quantitative estimate of drug-likeness (QED) is 0.252. The Morgan fingerprint density at radius 1 is 1.32 bits per heavy atom. The topological polar surface area (TPSA) is 145 Å².